The minimum Gasteiger partial charge on any atom is -0.469 e. The third kappa shape index (κ3) is 5.31. The average molecular weight is 402 g/mol. The van der Waals surface area contributed by atoms with Gasteiger partial charge in [0, 0.05) is 18.0 Å². The van der Waals surface area contributed by atoms with E-state index < -0.39 is 5.60 Å². The molecule has 5 heteroatoms. The van der Waals surface area contributed by atoms with Gasteiger partial charge < -0.3 is 14.4 Å². The molecule has 5 nitrogen and oxygen atoms in total. The number of hydrogen-bond donors (Lipinski definition) is 0. The van der Waals surface area contributed by atoms with Crippen molar-refractivity contribution in [1.82, 2.24) is 4.90 Å². The molecule has 3 rings (SSSR count). The Morgan fingerprint density at radius 1 is 1.07 bits per heavy atom. The Hall–Kier alpha value is -2.04. The van der Waals surface area contributed by atoms with Crippen LogP contribution in [-0.4, -0.2) is 41.8 Å². The molecule has 2 saturated carbocycles. The maximum atomic E-state index is 13.1. The average Bonchev–Trinajstić information content (AvgIpc) is 3.47. The molecule has 0 spiro atoms. The maximum absolute atomic E-state index is 13.1. The lowest BCUT2D eigenvalue weighted by molar-refractivity contribution is -0.147. The van der Waals surface area contributed by atoms with Crippen molar-refractivity contribution >= 4 is 12.1 Å². The molecule has 0 radical (unpaired) electrons. The highest BCUT2D eigenvalue weighted by Crippen LogP contribution is 2.47. The number of carbonyl (C=O) groups excluding carboxylic acids is 2. The summed E-state index contributed by atoms with van der Waals surface area (Å²) in [4.78, 5) is 27.0. The molecule has 3 atom stereocenters. The summed E-state index contributed by atoms with van der Waals surface area (Å²) in [6.07, 6.45) is 4.29. The first-order valence-electron chi connectivity index (χ1n) is 10.9. The molecule has 0 heterocycles. The van der Waals surface area contributed by atoms with E-state index in [0.717, 1.165) is 32.1 Å². The van der Waals surface area contributed by atoms with Crippen molar-refractivity contribution in [3.8, 4) is 0 Å². The van der Waals surface area contributed by atoms with Gasteiger partial charge in [-0.05, 0) is 71.3 Å². The number of ether oxygens (including phenoxy) is 2. The third-order valence-corrected chi connectivity index (χ3v) is 6.37. The Morgan fingerprint density at radius 2 is 1.69 bits per heavy atom. The molecule has 2 fully saturated rings. The Morgan fingerprint density at radius 3 is 2.24 bits per heavy atom. The second kappa shape index (κ2) is 8.76. The summed E-state index contributed by atoms with van der Waals surface area (Å²) in [6, 6.07) is 10.7. The van der Waals surface area contributed by atoms with Gasteiger partial charge >= 0.3 is 12.1 Å². The molecule has 3 unspecified atom stereocenters. The van der Waals surface area contributed by atoms with Crippen LogP contribution in [-0.2, 0) is 14.3 Å². The normalized spacial score (nSPS) is 27.6. The van der Waals surface area contributed by atoms with Crippen LogP contribution in [0.4, 0.5) is 4.79 Å². The van der Waals surface area contributed by atoms with Crippen molar-refractivity contribution in [1.29, 1.82) is 0 Å². The number of benzene rings is 1. The fraction of sp³-hybridized carbons (Fsp3) is 0.667. The van der Waals surface area contributed by atoms with E-state index in [9.17, 15) is 9.59 Å². The Labute approximate surface area is 174 Å². The summed E-state index contributed by atoms with van der Waals surface area (Å²) in [6.45, 7) is 7.89. The summed E-state index contributed by atoms with van der Waals surface area (Å²) >= 11 is 0. The lowest BCUT2D eigenvalue weighted by atomic mass is 9.78. The third-order valence-electron chi connectivity index (χ3n) is 6.37. The number of nitrogens with zero attached hydrogens (tertiary/aromatic N) is 1. The fourth-order valence-electron chi connectivity index (χ4n) is 4.70. The molecule has 2 aliphatic carbocycles. The standard InChI is InChI=1S/C24H35NO4/c1-16(17-11-13-19(14-12-17)22(26)28-5)25(23(27)29-24(2,3)4)21-15-20(21)18-9-7-6-8-10-18/h6-10,16-17,19-21H,11-15H2,1-5H3. The minimum absolute atomic E-state index is 0.00332. The van der Waals surface area contributed by atoms with Gasteiger partial charge in [-0.25, -0.2) is 4.79 Å². The summed E-state index contributed by atoms with van der Waals surface area (Å²) in [5.74, 6) is 0.640. The predicted molar refractivity (Wildman–Crippen MR) is 113 cm³/mol. The summed E-state index contributed by atoms with van der Waals surface area (Å²) < 4.78 is 10.7. The first-order valence-corrected chi connectivity index (χ1v) is 10.9. The molecule has 1 aromatic carbocycles. The number of amides is 1. The Bertz CT molecular complexity index is 703. The molecule has 0 aliphatic heterocycles. The molecule has 1 amide bonds. The number of rotatable bonds is 5. The van der Waals surface area contributed by atoms with E-state index in [0.29, 0.717) is 11.8 Å². The van der Waals surface area contributed by atoms with Crippen LogP contribution >= 0.6 is 0 Å². The van der Waals surface area contributed by atoms with Crippen molar-refractivity contribution in [2.24, 2.45) is 11.8 Å². The lowest BCUT2D eigenvalue weighted by Gasteiger charge is -2.39. The quantitative estimate of drug-likeness (QED) is 0.641. The van der Waals surface area contributed by atoms with Gasteiger partial charge in [-0.15, -0.1) is 0 Å². The minimum atomic E-state index is -0.519. The SMILES string of the molecule is COC(=O)C1CCC(C(C)N(C(=O)OC(C)(C)C)C2CC2c2ccccc2)CC1. The first kappa shape index (κ1) is 21.7. The number of hydrogen-bond acceptors (Lipinski definition) is 4. The van der Waals surface area contributed by atoms with E-state index in [1.54, 1.807) is 0 Å². The van der Waals surface area contributed by atoms with E-state index in [2.05, 4.69) is 31.2 Å². The molecular formula is C24H35NO4. The van der Waals surface area contributed by atoms with Crippen molar-refractivity contribution < 1.29 is 19.1 Å². The van der Waals surface area contributed by atoms with Gasteiger partial charge in [0.25, 0.3) is 0 Å². The van der Waals surface area contributed by atoms with Crippen LogP contribution in [0.2, 0.25) is 0 Å². The van der Waals surface area contributed by atoms with Gasteiger partial charge in [0.2, 0.25) is 0 Å². The zero-order chi connectivity index (χ0) is 21.2. The molecule has 0 saturated heterocycles. The highest BCUT2D eigenvalue weighted by Gasteiger charge is 2.49. The van der Waals surface area contributed by atoms with Crippen LogP contribution in [0.3, 0.4) is 0 Å². The molecule has 0 bridgehead atoms. The van der Waals surface area contributed by atoms with E-state index in [1.807, 2.05) is 31.7 Å². The van der Waals surface area contributed by atoms with Crippen molar-refractivity contribution in [3.05, 3.63) is 35.9 Å². The van der Waals surface area contributed by atoms with Crippen LogP contribution < -0.4 is 0 Å². The van der Waals surface area contributed by atoms with E-state index in [4.69, 9.17) is 9.47 Å². The second-order valence-corrected chi connectivity index (χ2v) is 9.58. The zero-order valence-corrected chi connectivity index (χ0v) is 18.4. The molecular weight excluding hydrogens is 366 g/mol. The van der Waals surface area contributed by atoms with Gasteiger partial charge in [-0.1, -0.05) is 30.3 Å². The van der Waals surface area contributed by atoms with Crippen molar-refractivity contribution in [3.63, 3.8) is 0 Å². The number of carbonyl (C=O) groups is 2. The molecule has 29 heavy (non-hydrogen) atoms. The van der Waals surface area contributed by atoms with Crippen LogP contribution in [0.15, 0.2) is 30.3 Å². The zero-order valence-electron chi connectivity index (χ0n) is 18.4. The van der Waals surface area contributed by atoms with Gasteiger partial charge in [0.05, 0.1) is 13.0 Å². The lowest BCUT2D eigenvalue weighted by Crippen LogP contribution is -2.48. The van der Waals surface area contributed by atoms with E-state index in [1.165, 1.54) is 12.7 Å². The smallest absolute Gasteiger partial charge is 0.410 e. The van der Waals surface area contributed by atoms with Crippen molar-refractivity contribution in [2.45, 2.75) is 83.4 Å². The summed E-state index contributed by atoms with van der Waals surface area (Å²) in [5, 5.41) is 0. The topological polar surface area (TPSA) is 55.8 Å². The first-order chi connectivity index (χ1) is 13.7. The number of esters is 1. The second-order valence-electron chi connectivity index (χ2n) is 9.58. The van der Waals surface area contributed by atoms with Crippen LogP contribution in [0.5, 0.6) is 0 Å². The van der Waals surface area contributed by atoms with Gasteiger partial charge in [-0.3, -0.25) is 4.79 Å². The van der Waals surface area contributed by atoms with E-state index >= 15 is 0 Å². The van der Waals surface area contributed by atoms with Crippen molar-refractivity contribution in [2.75, 3.05) is 7.11 Å². The molecule has 1 aromatic rings. The van der Waals surface area contributed by atoms with Crippen LogP contribution in [0.1, 0.15) is 71.3 Å². The maximum Gasteiger partial charge on any atom is 0.410 e. The largest absolute Gasteiger partial charge is 0.469 e. The monoisotopic (exact) mass is 401 g/mol. The van der Waals surface area contributed by atoms with Crippen LogP contribution in [0.25, 0.3) is 0 Å². The molecule has 160 valence electrons. The Kier molecular flexibility index (Phi) is 6.55. The summed E-state index contributed by atoms with van der Waals surface area (Å²) in [5.41, 5.74) is 0.766. The predicted octanol–water partition coefficient (Wildman–Crippen LogP) is 5.15. The molecule has 2 aliphatic rings. The van der Waals surface area contributed by atoms with Gasteiger partial charge in [0.1, 0.15) is 5.60 Å². The highest BCUT2D eigenvalue weighted by molar-refractivity contribution is 5.72. The number of methoxy groups -OCH3 is 1. The van der Waals surface area contributed by atoms with E-state index in [-0.39, 0.29) is 30.1 Å². The molecule has 0 aromatic heterocycles. The van der Waals surface area contributed by atoms with Gasteiger partial charge in [0.15, 0.2) is 0 Å². The van der Waals surface area contributed by atoms with Gasteiger partial charge in [-0.2, -0.15) is 0 Å². The fourth-order valence-corrected chi connectivity index (χ4v) is 4.70. The van der Waals surface area contributed by atoms with Crippen LogP contribution in [0, 0.1) is 11.8 Å². The highest BCUT2D eigenvalue weighted by atomic mass is 16.6. The molecule has 0 N–H and O–H groups in total. The Balaban J connectivity index is 1.72. The summed E-state index contributed by atoms with van der Waals surface area (Å²) in [7, 11) is 1.46.